The van der Waals surface area contributed by atoms with Crippen molar-refractivity contribution in [1.29, 1.82) is 0 Å². The second-order valence-electron chi connectivity index (χ2n) is 5.50. The van der Waals surface area contributed by atoms with Gasteiger partial charge in [-0.1, -0.05) is 17.7 Å². The van der Waals surface area contributed by atoms with Gasteiger partial charge in [-0.3, -0.25) is 4.79 Å². The Labute approximate surface area is 140 Å². The number of ether oxygens (including phenoxy) is 2. The normalized spacial score (nSPS) is 21.7. The Morgan fingerprint density at radius 2 is 2.39 bits per heavy atom. The number of carbonyl (C=O) groups excluding carboxylic acids is 1. The fourth-order valence-electron chi connectivity index (χ4n) is 2.68. The number of methoxy groups -OCH3 is 1. The summed E-state index contributed by atoms with van der Waals surface area (Å²) in [5.41, 5.74) is 0.767. The molecule has 1 aliphatic rings. The van der Waals surface area contributed by atoms with E-state index < -0.39 is 5.82 Å². The first-order valence-electron chi connectivity index (χ1n) is 7.64. The molecular formula is C16H22ClFN2O3. The van der Waals surface area contributed by atoms with E-state index in [9.17, 15) is 9.18 Å². The molecule has 2 N–H and O–H groups in total. The molecule has 0 spiro atoms. The fourth-order valence-corrected chi connectivity index (χ4v) is 2.80. The number of nitrogens with one attached hydrogen (secondary N) is 2. The van der Waals surface area contributed by atoms with Crippen LogP contribution in [0.1, 0.15) is 18.1 Å². The molecule has 1 aromatic rings. The zero-order chi connectivity index (χ0) is 16.7. The molecule has 5 nitrogen and oxygen atoms in total. The lowest BCUT2D eigenvalue weighted by molar-refractivity contribution is -0.124. The number of amides is 1. The van der Waals surface area contributed by atoms with Crippen LogP contribution in [0, 0.1) is 11.7 Å². The van der Waals surface area contributed by atoms with Gasteiger partial charge in [-0.05, 0) is 24.1 Å². The van der Waals surface area contributed by atoms with Gasteiger partial charge in [-0.15, -0.1) is 0 Å². The number of benzene rings is 1. The SMILES string of the molecule is COCC(=O)NCC[C@@H]1CNCCO[C@H]1c1ccc(Cl)c(F)c1. The van der Waals surface area contributed by atoms with Gasteiger partial charge in [0.15, 0.2) is 0 Å². The summed E-state index contributed by atoms with van der Waals surface area (Å²) >= 11 is 5.75. The Morgan fingerprint density at radius 3 is 3.13 bits per heavy atom. The first-order valence-corrected chi connectivity index (χ1v) is 8.02. The van der Waals surface area contributed by atoms with E-state index >= 15 is 0 Å². The van der Waals surface area contributed by atoms with Gasteiger partial charge in [0.2, 0.25) is 5.91 Å². The van der Waals surface area contributed by atoms with E-state index in [1.54, 1.807) is 12.1 Å². The highest BCUT2D eigenvalue weighted by Crippen LogP contribution is 2.31. The number of halogens is 2. The molecular weight excluding hydrogens is 323 g/mol. The largest absolute Gasteiger partial charge is 0.375 e. The fraction of sp³-hybridized carbons (Fsp3) is 0.562. The molecule has 0 aliphatic carbocycles. The molecule has 0 saturated carbocycles. The maximum absolute atomic E-state index is 13.7. The van der Waals surface area contributed by atoms with Crippen LogP contribution in [0.15, 0.2) is 18.2 Å². The van der Waals surface area contributed by atoms with Gasteiger partial charge in [0.1, 0.15) is 12.4 Å². The van der Waals surface area contributed by atoms with Crippen molar-refractivity contribution in [2.45, 2.75) is 12.5 Å². The van der Waals surface area contributed by atoms with E-state index in [2.05, 4.69) is 10.6 Å². The van der Waals surface area contributed by atoms with Crippen LogP contribution >= 0.6 is 11.6 Å². The molecule has 1 fully saturated rings. The summed E-state index contributed by atoms with van der Waals surface area (Å²) in [6, 6.07) is 4.76. The van der Waals surface area contributed by atoms with Crippen molar-refractivity contribution < 1.29 is 18.7 Å². The summed E-state index contributed by atoms with van der Waals surface area (Å²) < 4.78 is 24.4. The first kappa shape index (κ1) is 18.1. The summed E-state index contributed by atoms with van der Waals surface area (Å²) in [6.07, 6.45) is 0.494. The second kappa shape index (κ2) is 9.17. The zero-order valence-electron chi connectivity index (χ0n) is 13.1. The highest BCUT2D eigenvalue weighted by atomic mass is 35.5. The number of rotatable bonds is 6. The summed E-state index contributed by atoms with van der Waals surface area (Å²) in [6.45, 7) is 2.62. The standard InChI is InChI=1S/C16H22ClFN2O3/c1-22-10-15(21)20-5-4-12-9-19-6-7-23-16(12)11-2-3-13(17)14(18)8-11/h2-3,8,12,16,19H,4-7,9-10H2,1H3,(H,20,21)/t12-,16+/m1/s1. The third-order valence-corrected chi connectivity index (χ3v) is 4.10. The van der Waals surface area contributed by atoms with Gasteiger partial charge in [-0.25, -0.2) is 4.39 Å². The quantitative estimate of drug-likeness (QED) is 0.827. The zero-order valence-corrected chi connectivity index (χ0v) is 13.9. The minimum Gasteiger partial charge on any atom is -0.375 e. The molecule has 0 unspecified atom stereocenters. The van der Waals surface area contributed by atoms with E-state index in [0.29, 0.717) is 13.2 Å². The topological polar surface area (TPSA) is 59.6 Å². The highest BCUT2D eigenvalue weighted by molar-refractivity contribution is 6.30. The molecule has 0 bridgehead atoms. The van der Waals surface area contributed by atoms with Gasteiger partial charge in [-0.2, -0.15) is 0 Å². The Kier molecular flexibility index (Phi) is 7.23. The molecule has 2 atom stereocenters. The molecule has 1 heterocycles. The van der Waals surface area contributed by atoms with Crippen molar-refractivity contribution >= 4 is 17.5 Å². The van der Waals surface area contributed by atoms with Gasteiger partial charge >= 0.3 is 0 Å². The van der Waals surface area contributed by atoms with Crippen molar-refractivity contribution in [2.24, 2.45) is 5.92 Å². The summed E-state index contributed by atoms with van der Waals surface area (Å²) in [5, 5.41) is 6.21. The Hall–Kier alpha value is -1.21. The summed E-state index contributed by atoms with van der Waals surface area (Å²) in [7, 11) is 1.48. The van der Waals surface area contributed by atoms with Gasteiger partial charge in [0.25, 0.3) is 0 Å². The van der Waals surface area contributed by atoms with Crippen LogP contribution in [0.2, 0.25) is 5.02 Å². The molecule has 2 rings (SSSR count). The summed E-state index contributed by atoms with van der Waals surface area (Å²) in [4.78, 5) is 11.4. The summed E-state index contributed by atoms with van der Waals surface area (Å²) in [5.74, 6) is -0.470. The van der Waals surface area contributed by atoms with Gasteiger partial charge in [0.05, 0.1) is 17.7 Å². The Bertz CT molecular complexity index is 530. The average molecular weight is 345 g/mol. The molecule has 1 aliphatic heterocycles. The van der Waals surface area contributed by atoms with Crippen molar-refractivity contribution in [3.63, 3.8) is 0 Å². The third-order valence-electron chi connectivity index (χ3n) is 3.80. The van der Waals surface area contributed by atoms with Gasteiger partial charge in [0, 0.05) is 32.7 Å². The second-order valence-corrected chi connectivity index (χ2v) is 5.91. The molecule has 1 amide bonds. The van der Waals surface area contributed by atoms with Crippen LogP contribution in [0.3, 0.4) is 0 Å². The predicted molar refractivity (Wildman–Crippen MR) is 86.0 cm³/mol. The van der Waals surface area contributed by atoms with Gasteiger partial charge < -0.3 is 20.1 Å². The van der Waals surface area contributed by atoms with E-state index in [1.165, 1.54) is 13.2 Å². The lowest BCUT2D eigenvalue weighted by atomic mass is 9.92. The van der Waals surface area contributed by atoms with Crippen molar-refractivity contribution in [1.82, 2.24) is 10.6 Å². The maximum atomic E-state index is 13.7. The van der Waals surface area contributed by atoms with Crippen LogP contribution in [0.25, 0.3) is 0 Å². The molecule has 128 valence electrons. The molecule has 7 heteroatoms. The Morgan fingerprint density at radius 1 is 1.57 bits per heavy atom. The van der Waals surface area contributed by atoms with Crippen LogP contribution in [0.5, 0.6) is 0 Å². The number of carbonyl (C=O) groups is 1. The number of hydrogen-bond donors (Lipinski definition) is 2. The molecule has 23 heavy (non-hydrogen) atoms. The van der Waals surface area contributed by atoms with Crippen LogP contribution in [-0.2, 0) is 14.3 Å². The first-order chi connectivity index (χ1) is 11.1. The van der Waals surface area contributed by atoms with Crippen molar-refractivity contribution in [2.75, 3.05) is 40.0 Å². The van der Waals surface area contributed by atoms with Crippen molar-refractivity contribution in [3.05, 3.63) is 34.6 Å². The van der Waals surface area contributed by atoms with E-state index in [4.69, 9.17) is 21.1 Å². The van der Waals surface area contributed by atoms with Crippen LogP contribution in [0.4, 0.5) is 4.39 Å². The monoisotopic (exact) mass is 344 g/mol. The van der Waals surface area contributed by atoms with Crippen LogP contribution < -0.4 is 10.6 Å². The molecule has 0 radical (unpaired) electrons. The minimum absolute atomic E-state index is 0.0469. The Balaban J connectivity index is 2.01. The third kappa shape index (κ3) is 5.42. The minimum atomic E-state index is -0.447. The molecule has 1 aromatic carbocycles. The smallest absolute Gasteiger partial charge is 0.245 e. The average Bonchev–Trinajstić information content (AvgIpc) is 2.76. The maximum Gasteiger partial charge on any atom is 0.245 e. The predicted octanol–water partition coefficient (Wildman–Crippen LogP) is 1.91. The van der Waals surface area contributed by atoms with Crippen LogP contribution in [-0.4, -0.2) is 45.9 Å². The number of hydrogen-bond acceptors (Lipinski definition) is 4. The molecule has 1 saturated heterocycles. The highest BCUT2D eigenvalue weighted by Gasteiger charge is 2.26. The van der Waals surface area contributed by atoms with E-state index in [-0.39, 0.29) is 29.6 Å². The van der Waals surface area contributed by atoms with E-state index in [1.807, 2.05) is 0 Å². The lowest BCUT2D eigenvalue weighted by Gasteiger charge is -2.25. The molecule has 0 aromatic heterocycles. The lowest BCUT2D eigenvalue weighted by Crippen LogP contribution is -2.32. The van der Waals surface area contributed by atoms with Crippen molar-refractivity contribution in [3.8, 4) is 0 Å². The van der Waals surface area contributed by atoms with E-state index in [0.717, 1.165) is 25.1 Å².